The largest absolute Gasteiger partial charge is 0.463 e. The van der Waals surface area contributed by atoms with Crippen molar-refractivity contribution >= 4 is 23.8 Å². The van der Waals surface area contributed by atoms with Crippen LogP contribution in [-0.2, 0) is 16.0 Å². The van der Waals surface area contributed by atoms with E-state index in [-0.39, 0.29) is 18.7 Å². The van der Waals surface area contributed by atoms with Crippen LogP contribution in [0.3, 0.4) is 0 Å². The lowest BCUT2D eigenvalue weighted by Gasteiger charge is -2.28. The van der Waals surface area contributed by atoms with Gasteiger partial charge in [0, 0.05) is 11.4 Å². The third kappa shape index (κ3) is 4.92. The maximum absolute atomic E-state index is 12.4. The summed E-state index contributed by atoms with van der Waals surface area (Å²) in [6.45, 7) is 3.91. The zero-order chi connectivity index (χ0) is 19.9. The lowest BCUT2D eigenvalue weighted by molar-refractivity contribution is -0.139. The van der Waals surface area contributed by atoms with Crippen molar-refractivity contribution in [3.63, 3.8) is 0 Å². The highest BCUT2D eigenvalue weighted by Gasteiger charge is 2.31. The monoisotopic (exact) mass is 402 g/mol. The SMILES string of the molecule is CCOC(=O)C1=C(CSc2nnc(Cc3ccccc3)o2)NC(=O)N[C@H]1CC. The van der Waals surface area contributed by atoms with Gasteiger partial charge in [-0.05, 0) is 18.9 Å². The van der Waals surface area contributed by atoms with Gasteiger partial charge in [-0.2, -0.15) is 0 Å². The molecule has 3 rings (SSSR count). The normalized spacial score (nSPS) is 16.5. The molecule has 0 saturated heterocycles. The molecule has 2 amide bonds. The van der Waals surface area contributed by atoms with Gasteiger partial charge < -0.3 is 19.8 Å². The van der Waals surface area contributed by atoms with Gasteiger partial charge in [0.05, 0.1) is 24.6 Å². The summed E-state index contributed by atoms with van der Waals surface area (Å²) in [5.74, 6) is 0.382. The molecule has 0 bridgehead atoms. The molecular weight excluding hydrogens is 380 g/mol. The van der Waals surface area contributed by atoms with Gasteiger partial charge in [-0.3, -0.25) is 0 Å². The molecule has 0 fully saturated rings. The smallest absolute Gasteiger partial charge is 0.337 e. The topological polar surface area (TPSA) is 106 Å². The summed E-state index contributed by atoms with van der Waals surface area (Å²) in [6, 6.07) is 9.10. The number of hydrogen-bond donors (Lipinski definition) is 2. The fourth-order valence-electron chi connectivity index (χ4n) is 2.85. The Labute approximate surface area is 167 Å². The zero-order valence-corrected chi connectivity index (χ0v) is 16.5. The molecule has 0 spiro atoms. The number of ether oxygens (including phenoxy) is 1. The molecule has 1 aliphatic rings. The summed E-state index contributed by atoms with van der Waals surface area (Å²) < 4.78 is 10.8. The summed E-state index contributed by atoms with van der Waals surface area (Å²) in [7, 11) is 0. The first-order valence-electron chi connectivity index (χ1n) is 9.07. The Kier molecular flexibility index (Phi) is 6.70. The van der Waals surface area contributed by atoms with E-state index in [1.807, 2.05) is 37.3 Å². The van der Waals surface area contributed by atoms with Crippen molar-refractivity contribution in [2.75, 3.05) is 12.4 Å². The van der Waals surface area contributed by atoms with Gasteiger partial charge >= 0.3 is 12.0 Å². The first kappa shape index (κ1) is 19.9. The average molecular weight is 402 g/mol. The minimum atomic E-state index is -0.437. The second kappa shape index (κ2) is 9.41. The van der Waals surface area contributed by atoms with E-state index < -0.39 is 5.97 Å². The Morgan fingerprint density at radius 1 is 1.25 bits per heavy atom. The fourth-order valence-corrected chi connectivity index (χ4v) is 3.60. The minimum absolute atomic E-state index is 0.264. The van der Waals surface area contributed by atoms with E-state index in [1.165, 1.54) is 11.8 Å². The molecule has 28 heavy (non-hydrogen) atoms. The predicted molar refractivity (Wildman–Crippen MR) is 104 cm³/mol. The molecule has 0 saturated carbocycles. The van der Waals surface area contributed by atoms with Crippen molar-refractivity contribution in [3.05, 3.63) is 53.1 Å². The molecule has 148 valence electrons. The van der Waals surface area contributed by atoms with Crippen LogP contribution in [0.5, 0.6) is 0 Å². The van der Waals surface area contributed by atoms with Crippen molar-refractivity contribution in [2.24, 2.45) is 0 Å². The molecule has 2 aromatic rings. The number of esters is 1. The summed E-state index contributed by atoms with van der Waals surface area (Å²) in [5, 5.41) is 13.9. The third-order valence-electron chi connectivity index (χ3n) is 4.13. The standard InChI is InChI=1S/C19H22N4O4S/c1-3-13-16(17(24)26-4-2)14(21-18(25)20-13)11-28-19-23-22-15(27-19)10-12-8-6-5-7-9-12/h5-9,13H,3-4,10-11H2,1-2H3,(H2,20,21,25)/t13-/m0/s1. The predicted octanol–water partition coefficient (Wildman–Crippen LogP) is 2.66. The van der Waals surface area contributed by atoms with E-state index in [9.17, 15) is 9.59 Å². The van der Waals surface area contributed by atoms with Crippen LogP contribution < -0.4 is 10.6 Å². The van der Waals surface area contributed by atoms with E-state index >= 15 is 0 Å². The maximum Gasteiger partial charge on any atom is 0.337 e. The van der Waals surface area contributed by atoms with Gasteiger partial charge in [0.25, 0.3) is 5.22 Å². The summed E-state index contributed by atoms with van der Waals surface area (Å²) in [5.41, 5.74) is 2.01. The van der Waals surface area contributed by atoms with E-state index in [1.54, 1.807) is 6.92 Å². The molecule has 0 aliphatic carbocycles. The van der Waals surface area contributed by atoms with Crippen molar-refractivity contribution < 1.29 is 18.7 Å². The van der Waals surface area contributed by atoms with Crippen molar-refractivity contribution in [1.82, 2.24) is 20.8 Å². The van der Waals surface area contributed by atoms with Gasteiger partial charge in [-0.1, -0.05) is 49.0 Å². The minimum Gasteiger partial charge on any atom is -0.463 e. The fraction of sp³-hybridized carbons (Fsp3) is 0.368. The lowest BCUT2D eigenvalue weighted by atomic mass is 10.0. The number of nitrogens with one attached hydrogen (secondary N) is 2. The summed E-state index contributed by atoms with van der Waals surface area (Å²) in [6.07, 6.45) is 1.13. The molecule has 1 aromatic carbocycles. The molecule has 0 radical (unpaired) electrons. The molecule has 8 nitrogen and oxygen atoms in total. The highest BCUT2D eigenvalue weighted by Crippen LogP contribution is 2.24. The molecular formula is C19H22N4O4S. The number of carbonyl (C=O) groups excluding carboxylic acids is 2. The molecule has 2 heterocycles. The first-order chi connectivity index (χ1) is 13.6. The van der Waals surface area contributed by atoms with Gasteiger partial charge in [0.15, 0.2) is 0 Å². The van der Waals surface area contributed by atoms with E-state index in [4.69, 9.17) is 9.15 Å². The van der Waals surface area contributed by atoms with Crippen LogP contribution in [0.25, 0.3) is 0 Å². The van der Waals surface area contributed by atoms with Gasteiger partial charge in [0.1, 0.15) is 0 Å². The number of urea groups is 1. The van der Waals surface area contributed by atoms with Gasteiger partial charge in [-0.15, -0.1) is 10.2 Å². The Morgan fingerprint density at radius 3 is 2.75 bits per heavy atom. The second-order valence-corrected chi connectivity index (χ2v) is 7.01. The number of hydrogen-bond acceptors (Lipinski definition) is 7. The number of rotatable bonds is 8. The number of benzene rings is 1. The lowest BCUT2D eigenvalue weighted by Crippen LogP contribution is -2.50. The van der Waals surface area contributed by atoms with Crippen LogP contribution in [-0.4, -0.2) is 40.6 Å². The number of aromatic nitrogens is 2. The molecule has 9 heteroatoms. The van der Waals surface area contributed by atoms with Crippen LogP contribution >= 0.6 is 11.8 Å². The van der Waals surface area contributed by atoms with Crippen LogP contribution in [0.15, 0.2) is 51.2 Å². The number of amides is 2. The van der Waals surface area contributed by atoms with Gasteiger partial charge in [0.2, 0.25) is 5.89 Å². The molecule has 1 atom stereocenters. The molecule has 0 unspecified atom stereocenters. The molecule has 2 N–H and O–H groups in total. The quantitative estimate of drug-likeness (QED) is 0.516. The summed E-state index contributed by atoms with van der Waals surface area (Å²) >= 11 is 1.26. The highest BCUT2D eigenvalue weighted by molar-refractivity contribution is 7.99. The Bertz CT molecular complexity index is 866. The van der Waals surface area contributed by atoms with E-state index in [2.05, 4.69) is 20.8 Å². The van der Waals surface area contributed by atoms with Crippen molar-refractivity contribution in [1.29, 1.82) is 0 Å². The van der Waals surface area contributed by atoms with Crippen LogP contribution in [0, 0.1) is 0 Å². The number of nitrogens with zero attached hydrogens (tertiary/aromatic N) is 2. The van der Waals surface area contributed by atoms with Crippen LogP contribution in [0.1, 0.15) is 31.7 Å². The first-order valence-corrected chi connectivity index (χ1v) is 10.1. The molecule has 1 aliphatic heterocycles. The molecule has 1 aromatic heterocycles. The van der Waals surface area contributed by atoms with Crippen LogP contribution in [0.4, 0.5) is 4.79 Å². The summed E-state index contributed by atoms with van der Waals surface area (Å²) in [4.78, 5) is 24.3. The maximum atomic E-state index is 12.4. The zero-order valence-electron chi connectivity index (χ0n) is 15.7. The number of thioether (sulfide) groups is 1. The Hall–Kier alpha value is -2.81. The Balaban J connectivity index is 1.72. The highest BCUT2D eigenvalue weighted by atomic mass is 32.2. The van der Waals surface area contributed by atoms with E-state index in [0.717, 1.165) is 5.56 Å². The van der Waals surface area contributed by atoms with Crippen molar-refractivity contribution in [2.45, 2.75) is 38.0 Å². The average Bonchev–Trinajstić information content (AvgIpc) is 3.14. The number of carbonyl (C=O) groups is 2. The van der Waals surface area contributed by atoms with E-state index in [0.29, 0.717) is 41.0 Å². The van der Waals surface area contributed by atoms with Crippen LogP contribution in [0.2, 0.25) is 0 Å². The third-order valence-corrected chi connectivity index (χ3v) is 4.98. The second-order valence-electron chi connectivity index (χ2n) is 6.08. The Morgan fingerprint density at radius 2 is 2.04 bits per heavy atom. The van der Waals surface area contributed by atoms with Crippen molar-refractivity contribution in [3.8, 4) is 0 Å². The van der Waals surface area contributed by atoms with Gasteiger partial charge in [-0.25, -0.2) is 9.59 Å².